The Hall–Kier alpha value is -2.86. The highest BCUT2D eigenvalue weighted by molar-refractivity contribution is 7.89. The second-order valence-electron chi connectivity index (χ2n) is 7.13. The summed E-state index contributed by atoms with van der Waals surface area (Å²) in [5.74, 6) is -0.733. The molecule has 1 aromatic heterocycles. The summed E-state index contributed by atoms with van der Waals surface area (Å²) >= 11 is 1.38. The van der Waals surface area contributed by atoms with E-state index in [0.29, 0.717) is 11.7 Å². The first-order valence-corrected chi connectivity index (χ1v) is 12.2. The Morgan fingerprint density at radius 2 is 2.06 bits per heavy atom. The van der Waals surface area contributed by atoms with Gasteiger partial charge in [0.15, 0.2) is 5.13 Å². The molecule has 9 nitrogen and oxygen atoms in total. The number of nitrogens with zero attached hydrogens (tertiary/aromatic N) is 3. The lowest BCUT2D eigenvalue weighted by Gasteiger charge is -2.26. The SMILES string of the molecule is COCCN(C(=O)c1cccc(S(=O)(=O)N2CCNC(=O)C2)c1)c1nc2ccccc2s1. The van der Waals surface area contributed by atoms with Crippen LogP contribution in [0.1, 0.15) is 10.4 Å². The smallest absolute Gasteiger partial charge is 0.260 e. The topological polar surface area (TPSA) is 109 Å². The van der Waals surface area contributed by atoms with Crippen LogP contribution >= 0.6 is 11.3 Å². The van der Waals surface area contributed by atoms with Crippen molar-refractivity contribution in [2.24, 2.45) is 0 Å². The van der Waals surface area contributed by atoms with Gasteiger partial charge in [-0.1, -0.05) is 29.5 Å². The minimum absolute atomic E-state index is 0.0333. The monoisotopic (exact) mass is 474 g/mol. The van der Waals surface area contributed by atoms with Gasteiger partial charge in [-0.3, -0.25) is 14.5 Å². The molecule has 4 rings (SSSR count). The van der Waals surface area contributed by atoms with Crippen LogP contribution in [0.25, 0.3) is 10.2 Å². The number of hydrogen-bond acceptors (Lipinski definition) is 7. The first kappa shape index (κ1) is 22.3. The van der Waals surface area contributed by atoms with Crippen molar-refractivity contribution in [1.29, 1.82) is 0 Å². The number of thiazole rings is 1. The van der Waals surface area contributed by atoms with Crippen LogP contribution in [0.15, 0.2) is 53.4 Å². The third kappa shape index (κ3) is 4.51. The number of hydrogen-bond donors (Lipinski definition) is 1. The molecule has 0 aliphatic carbocycles. The fourth-order valence-corrected chi connectivity index (χ4v) is 5.79. The van der Waals surface area contributed by atoms with Crippen LogP contribution in [0.2, 0.25) is 0 Å². The number of piperazine rings is 1. The van der Waals surface area contributed by atoms with Gasteiger partial charge in [0.1, 0.15) is 0 Å². The maximum Gasteiger partial charge on any atom is 0.260 e. The number of sulfonamides is 1. The number of rotatable bonds is 7. The summed E-state index contributed by atoms with van der Waals surface area (Å²) < 4.78 is 33.3. The molecule has 0 bridgehead atoms. The molecule has 1 saturated heterocycles. The number of ether oxygens (including phenoxy) is 1. The Kier molecular flexibility index (Phi) is 6.51. The second kappa shape index (κ2) is 9.33. The van der Waals surface area contributed by atoms with Gasteiger partial charge in [-0.25, -0.2) is 13.4 Å². The number of benzene rings is 2. The van der Waals surface area contributed by atoms with E-state index in [0.717, 1.165) is 14.5 Å². The number of aromatic nitrogens is 1. The first-order chi connectivity index (χ1) is 15.4. The van der Waals surface area contributed by atoms with Crippen LogP contribution in [0.4, 0.5) is 5.13 Å². The summed E-state index contributed by atoms with van der Waals surface area (Å²) in [5, 5.41) is 3.11. The van der Waals surface area contributed by atoms with Crippen molar-refractivity contribution in [3.8, 4) is 0 Å². The zero-order valence-corrected chi connectivity index (χ0v) is 19.0. The third-order valence-electron chi connectivity index (χ3n) is 5.00. The molecule has 0 saturated carbocycles. The summed E-state index contributed by atoms with van der Waals surface area (Å²) in [4.78, 5) is 31.1. The molecule has 2 amide bonds. The summed E-state index contributed by atoms with van der Waals surface area (Å²) in [6, 6.07) is 13.4. The highest BCUT2D eigenvalue weighted by Crippen LogP contribution is 2.30. The molecule has 1 N–H and O–H groups in total. The average molecular weight is 475 g/mol. The number of amides is 2. The van der Waals surface area contributed by atoms with Crippen LogP contribution in [-0.4, -0.2) is 69.4 Å². The van der Waals surface area contributed by atoms with E-state index >= 15 is 0 Å². The van der Waals surface area contributed by atoms with E-state index in [-0.39, 0.29) is 48.5 Å². The Morgan fingerprint density at radius 1 is 1.25 bits per heavy atom. The Balaban J connectivity index is 1.66. The highest BCUT2D eigenvalue weighted by Gasteiger charge is 2.30. The number of nitrogens with one attached hydrogen (secondary N) is 1. The van der Waals surface area contributed by atoms with Crippen molar-refractivity contribution in [3.63, 3.8) is 0 Å². The largest absolute Gasteiger partial charge is 0.383 e. The molecule has 2 heterocycles. The van der Waals surface area contributed by atoms with Gasteiger partial charge >= 0.3 is 0 Å². The van der Waals surface area contributed by atoms with Crippen molar-refractivity contribution in [2.45, 2.75) is 4.90 Å². The molecule has 11 heteroatoms. The lowest BCUT2D eigenvalue weighted by atomic mass is 10.2. The van der Waals surface area contributed by atoms with Crippen LogP contribution < -0.4 is 10.2 Å². The van der Waals surface area contributed by atoms with Gasteiger partial charge in [-0.2, -0.15) is 4.31 Å². The van der Waals surface area contributed by atoms with Crippen LogP contribution in [-0.2, 0) is 19.6 Å². The fraction of sp³-hybridized carbons (Fsp3) is 0.286. The summed E-state index contributed by atoms with van der Waals surface area (Å²) in [6.45, 7) is 0.740. The normalized spacial score (nSPS) is 15.0. The first-order valence-electron chi connectivity index (χ1n) is 9.93. The molecule has 1 aliphatic rings. The predicted molar refractivity (Wildman–Crippen MR) is 121 cm³/mol. The lowest BCUT2D eigenvalue weighted by molar-refractivity contribution is -0.122. The summed E-state index contributed by atoms with van der Waals surface area (Å²) in [5.41, 5.74) is 0.991. The second-order valence-corrected chi connectivity index (χ2v) is 10.1. The zero-order valence-electron chi connectivity index (χ0n) is 17.4. The van der Waals surface area contributed by atoms with Crippen LogP contribution in [0.3, 0.4) is 0 Å². The van der Waals surface area contributed by atoms with Crippen molar-refractivity contribution in [3.05, 3.63) is 54.1 Å². The fourth-order valence-electron chi connectivity index (χ4n) is 3.36. The van der Waals surface area contributed by atoms with Gasteiger partial charge < -0.3 is 10.1 Å². The van der Waals surface area contributed by atoms with Crippen LogP contribution in [0.5, 0.6) is 0 Å². The van der Waals surface area contributed by atoms with E-state index in [2.05, 4.69) is 10.3 Å². The molecule has 32 heavy (non-hydrogen) atoms. The van der Waals surface area contributed by atoms with Gasteiger partial charge in [0.25, 0.3) is 5.91 Å². The molecule has 0 unspecified atom stereocenters. The number of fused-ring (bicyclic) bond motifs is 1. The third-order valence-corrected chi connectivity index (χ3v) is 7.90. The summed E-state index contributed by atoms with van der Waals surface area (Å²) in [6.07, 6.45) is 0. The number of para-hydroxylation sites is 1. The maximum atomic E-state index is 13.4. The number of methoxy groups -OCH3 is 1. The molecule has 3 aromatic rings. The molecule has 0 spiro atoms. The Morgan fingerprint density at radius 3 is 2.81 bits per heavy atom. The minimum atomic E-state index is -3.91. The van der Waals surface area contributed by atoms with Gasteiger partial charge in [0.05, 0.1) is 34.8 Å². The number of anilines is 1. The Labute approximate surface area is 189 Å². The molecular formula is C21H22N4O5S2. The van der Waals surface area contributed by atoms with E-state index in [9.17, 15) is 18.0 Å². The molecule has 1 aliphatic heterocycles. The molecule has 168 valence electrons. The van der Waals surface area contributed by atoms with E-state index in [1.165, 1.54) is 34.4 Å². The standard InChI is InChI=1S/C21H22N4O5S2/c1-30-12-11-25(21-23-17-7-2-3-8-18(17)31-21)20(27)15-5-4-6-16(13-15)32(28,29)24-10-9-22-19(26)14-24/h2-8,13H,9-12,14H2,1H3,(H,22,26). The van der Waals surface area contributed by atoms with E-state index < -0.39 is 10.0 Å². The predicted octanol–water partition coefficient (Wildman–Crippen LogP) is 1.71. The molecule has 0 atom stereocenters. The number of carbonyl (C=O) groups excluding carboxylic acids is 2. The molecular weight excluding hydrogens is 452 g/mol. The zero-order chi connectivity index (χ0) is 22.7. The lowest BCUT2D eigenvalue weighted by Crippen LogP contribution is -2.49. The molecule has 0 radical (unpaired) electrons. The number of carbonyl (C=O) groups is 2. The van der Waals surface area contributed by atoms with E-state index in [1.807, 2.05) is 24.3 Å². The molecule has 2 aromatic carbocycles. The molecule has 1 fully saturated rings. The van der Waals surface area contributed by atoms with Gasteiger partial charge in [-0.15, -0.1) is 0 Å². The maximum absolute atomic E-state index is 13.4. The van der Waals surface area contributed by atoms with Crippen molar-refractivity contribution < 1.29 is 22.7 Å². The van der Waals surface area contributed by atoms with Crippen molar-refractivity contribution in [1.82, 2.24) is 14.6 Å². The van der Waals surface area contributed by atoms with Gasteiger partial charge in [0.2, 0.25) is 15.9 Å². The van der Waals surface area contributed by atoms with Crippen molar-refractivity contribution in [2.75, 3.05) is 44.8 Å². The highest BCUT2D eigenvalue weighted by atomic mass is 32.2. The van der Waals surface area contributed by atoms with Gasteiger partial charge in [-0.05, 0) is 30.3 Å². The van der Waals surface area contributed by atoms with Crippen LogP contribution in [0, 0.1) is 0 Å². The van der Waals surface area contributed by atoms with E-state index in [4.69, 9.17) is 4.74 Å². The quantitative estimate of drug-likeness (QED) is 0.558. The minimum Gasteiger partial charge on any atom is -0.383 e. The van der Waals surface area contributed by atoms with E-state index in [1.54, 1.807) is 13.2 Å². The van der Waals surface area contributed by atoms with Gasteiger partial charge in [0, 0.05) is 25.8 Å². The summed E-state index contributed by atoms with van der Waals surface area (Å²) in [7, 11) is -2.37. The average Bonchev–Trinajstić information content (AvgIpc) is 3.23. The Bertz CT molecular complexity index is 1220. The van der Waals surface area contributed by atoms with Crippen molar-refractivity contribution >= 4 is 48.5 Å².